The Kier molecular flexibility index (Phi) is 1.79. The fraction of sp³-hybridized carbons (Fsp3) is 0.857. The van der Waals surface area contributed by atoms with Crippen LogP contribution in [0.3, 0.4) is 0 Å². The first-order chi connectivity index (χ1) is 5.74. The molecule has 1 saturated carbocycles. The minimum Gasteiger partial charge on any atom is -0.390 e. The number of nitrogens with zero attached hydrogens (tertiary/aromatic N) is 1. The molecule has 0 amide bonds. The second-order valence-electron chi connectivity index (χ2n) is 3.30. The molecule has 0 bridgehead atoms. The highest BCUT2D eigenvalue weighted by molar-refractivity contribution is 5.90. The highest BCUT2D eigenvalue weighted by Crippen LogP contribution is 2.33. The van der Waals surface area contributed by atoms with Crippen molar-refractivity contribution < 1.29 is 15.1 Å². The Bertz CT molecular complexity index is 219. The number of rotatable bonds is 1. The third kappa shape index (κ3) is 0.939. The predicted octanol–water partition coefficient (Wildman–Crippen LogP) is -1.56. The molecule has 0 aromatic rings. The number of aliphatic hydroxyl groups excluding tert-OH is 2. The Morgan fingerprint density at radius 2 is 2.42 bits per heavy atom. The zero-order chi connectivity index (χ0) is 8.72. The number of nitrogens with two attached hydrogens (primary N) is 1. The number of aliphatic hydroxyl groups is 2. The summed E-state index contributed by atoms with van der Waals surface area (Å²) < 4.78 is 0. The molecule has 4 atom stereocenters. The topological polar surface area (TPSA) is 88.1 Å². The van der Waals surface area contributed by atoms with Gasteiger partial charge in [-0.2, -0.15) is 0 Å². The van der Waals surface area contributed by atoms with Crippen LogP contribution < -0.4 is 5.73 Å². The van der Waals surface area contributed by atoms with Gasteiger partial charge >= 0.3 is 0 Å². The van der Waals surface area contributed by atoms with Gasteiger partial charge < -0.3 is 20.8 Å². The van der Waals surface area contributed by atoms with Crippen LogP contribution in [-0.2, 0) is 4.84 Å². The molecule has 4 N–H and O–H groups in total. The summed E-state index contributed by atoms with van der Waals surface area (Å²) in [6.45, 7) is -0.137. The van der Waals surface area contributed by atoms with E-state index < -0.39 is 6.10 Å². The van der Waals surface area contributed by atoms with E-state index in [1.54, 1.807) is 0 Å². The van der Waals surface area contributed by atoms with Gasteiger partial charge in [-0.3, -0.25) is 0 Å². The summed E-state index contributed by atoms with van der Waals surface area (Å²) in [7, 11) is 0. The molecular formula is C7H12N2O3. The Morgan fingerprint density at radius 1 is 1.67 bits per heavy atom. The van der Waals surface area contributed by atoms with E-state index in [1.165, 1.54) is 0 Å². The lowest BCUT2D eigenvalue weighted by Crippen LogP contribution is -2.35. The molecule has 1 aliphatic heterocycles. The van der Waals surface area contributed by atoms with Crippen molar-refractivity contribution in [3.63, 3.8) is 0 Å². The number of hydrogen-bond donors (Lipinski definition) is 3. The van der Waals surface area contributed by atoms with Crippen LogP contribution in [0.15, 0.2) is 5.16 Å². The summed E-state index contributed by atoms with van der Waals surface area (Å²) in [5.74, 6) is -0.0926. The third-order valence-corrected chi connectivity index (χ3v) is 2.55. The van der Waals surface area contributed by atoms with Gasteiger partial charge in [-0.15, -0.1) is 0 Å². The van der Waals surface area contributed by atoms with Crippen LogP contribution in [-0.4, -0.2) is 40.8 Å². The standard InChI is InChI=1S/C7H12N2O3/c8-3-1-5(11)7-6(3)4(2-10)9-12-7/h3,5-7,10-11H,1-2,8H2/t3-,5+,6-,7-/m1/s1. The van der Waals surface area contributed by atoms with E-state index >= 15 is 0 Å². The molecule has 1 heterocycles. The van der Waals surface area contributed by atoms with Gasteiger partial charge in [0.2, 0.25) is 0 Å². The molecule has 2 aliphatic rings. The lowest BCUT2D eigenvalue weighted by Gasteiger charge is -2.12. The molecule has 5 nitrogen and oxygen atoms in total. The van der Waals surface area contributed by atoms with E-state index in [9.17, 15) is 5.11 Å². The molecule has 1 fully saturated rings. The van der Waals surface area contributed by atoms with Crippen LogP contribution in [0.2, 0.25) is 0 Å². The van der Waals surface area contributed by atoms with Crippen molar-refractivity contribution in [3.8, 4) is 0 Å². The van der Waals surface area contributed by atoms with Gasteiger partial charge in [0.05, 0.1) is 24.3 Å². The fourth-order valence-corrected chi connectivity index (χ4v) is 1.94. The molecule has 5 heteroatoms. The highest BCUT2D eigenvalue weighted by atomic mass is 16.7. The summed E-state index contributed by atoms with van der Waals surface area (Å²) in [4.78, 5) is 4.96. The van der Waals surface area contributed by atoms with Gasteiger partial charge in [0.15, 0.2) is 6.10 Å². The molecule has 1 aliphatic carbocycles. The molecule has 0 aromatic carbocycles. The maximum Gasteiger partial charge on any atom is 0.163 e. The number of hydrogen-bond acceptors (Lipinski definition) is 5. The van der Waals surface area contributed by atoms with Crippen molar-refractivity contribution >= 4 is 5.71 Å². The Balaban J connectivity index is 2.18. The molecular weight excluding hydrogens is 160 g/mol. The zero-order valence-electron chi connectivity index (χ0n) is 6.55. The SMILES string of the molecule is N[C@@H]1C[C@H](O)[C@H]2ON=C(CO)[C@H]21. The van der Waals surface area contributed by atoms with Crippen LogP contribution in [0.4, 0.5) is 0 Å². The van der Waals surface area contributed by atoms with Gasteiger partial charge in [-0.1, -0.05) is 5.16 Å². The lowest BCUT2D eigenvalue weighted by molar-refractivity contribution is -0.0103. The summed E-state index contributed by atoms with van der Waals surface area (Å²) in [6.07, 6.45) is -0.353. The van der Waals surface area contributed by atoms with E-state index in [2.05, 4.69) is 5.16 Å². The van der Waals surface area contributed by atoms with E-state index in [-0.39, 0.29) is 24.7 Å². The van der Waals surface area contributed by atoms with E-state index in [0.717, 1.165) is 0 Å². The molecule has 12 heavy (non-hydrogen) atoms. The highest BCUT2D eigenvalue weighted by Gasteiger charge is 2.48. The third-order valence-electron chi connectivity index (χ3n) is 2.55. The average Bonchev–Trinajstić information content (AvgIpc) is 2.55. The van der Waals surface area contributed by atoms with Crippen molar-refractivity contribution in [2.24, 2.45) is 16.8 Å². The number of oxime groups is 1. The minimum atomic E-state index is -0.544. The summed E-state index contributed by atoms with van der Waals surface area (Å²) in [5, 5.41) is 22.0. The van der Waals surface area contributed by atoms with Gasteiger partial charge in [-0.25, -0.2) is 0 Å². The largest absolute Gasteiger partial charge is 0.390 e. The number of fused-ring (bicyclic) bond motifs is 1. The van der Waals surface area contributed by atoms with Gasteiger partial charge in [0.25, 0.3) is 0 Å². The van der Waals surface area contributed by atoms with Gasteiger partial charge in [0.1, 0.15) is 0 Å². The summed E-state index contributed by atoms with van der Waals surface area (Å²) >= 11 is 0. The maximum absolute atomic E-state index is 9.42. The first-order valence-electron chi connectivity index (χ1n) is 4.01. The van der Waals surface area contributed by atoms with E-state index in [4.69, 9.17) is 15.7 Å². The molecule has 0 radical (unpaired) electrons. The quantitative estimate of drug-likeness (QED) is 0.446. The normalized spacial score (nSPS) is 45.4. The fourth-order valence-electron chi connectivity index (χ4n) is 1.94. The van der Waals surface area contributed by atoms with Crippen LogP contribution in [0.25, 0.3) is 0 Å². The van der Waals surface area contributed by atoms with Crippen molar-refractivity contribution in [2.45, 2.75) is 24.7 Å². The van der Waals surface area contributed by atoms with Crippen LogP contribution >= 0.6 is 0 Å². The minimum absolute atomic E-state index is 0.0926. The molecule has 0 aromatic heterocycles. The molecule has 2 rings (SSSR count). The lowest BCUT2D eigenvalue weighted by atomic mass is 9.97. The summed E-state index contributed by atoms with van der Waals surface area (Å²) in [5.41, 5.74) is 6.30. The molecule has 0 unspecified atom stereocenters. The Labute approximate surface area is 69.8 Å². The first-order valence-corrected chi connectivity index (χ1v) is 4.01. The molecule has 0 saturated heterocycles. The monoisotopic (exact) mass is 172 g/mol. The average molecular weight is 172 g/mol. The van der Waals surface area contributed by atoms with Crippen LogP contribution in [0, 0.1) is 5.92 Å². The van der Waals surface area contributed by atoms with Crippen molar-refractivity contribution in [1.82, 2.24) is 0 Å². The zero-order valence-corrected chi connectivity index (χ0v) is 6.55. The van der Waals surface area contributed by atoms with Crippen molar-refractivity contribution in [2.75, 3.05) is 6.61 Å². The summed E-state index contributed by atoms with van der Waals surface area (Å²) in [6, 6.07) is -0.140. The van der Waals surface area contributed by atoms with E-state index in [1.807, 2.05) is 0 Å². The smallest absolute Gasteiger partial charge is 0.163 e. The molecule has 68 valence electrons. The van der Waals surface area contributed by atoms with Gasteiger partial charge in [0, 0.05) is 6.04 Å². The Hall–Kier alpha value is -0.650. The molecule has 0 spiro atoms. The second kappa shape index (κ2) is 2.69. The second-order valence-corrected chi connectivity index (χ2v) is 3.30. The van der Waals surface area contributed by atoms with Crippen molar-refractivity contribution in [3.05, 3.63) is 0 Å². The van der Waals surface area contributed by atoms with Crippen LogP contribution in [0.5, 0.6) is 0 Å². The van der Waals surface area contributed by atoms with Crippen LogP contribution in [0.1, 0.15) is 6.42 Å². The van der Waals surface area contributed by atoms with E-state index in [0.29, 0.717) is 12.1 Å². The van der Waals surface area contributed by atoms with Crippen molar-refractivity contribution in [1.29, 1.82) is 0 Å². The van der Waals surface area contributed by atoms with Gasteiger partial charge in [-0.05, 0) is 6.42 Å². The first kappa shape index (κ1) is 7.97. The predicted molar refractivity (Wildman–Crippen MR) is 41.5 cm³/mol. The Morgan fingerprint density at radius 3 is 3.08 bits per heavy atom. The maximum atomic E-state index is 9.42.